The second-order valence-electron chi connectivity index (χ2n) is 4.12. The van der Waals surface area contributed by atoms with Gasteiger partial charge in [-0.1, -0.05) is 13.0 Å². The van der Waals surface area contributed by atoms with Crippen LogP contribution < -0.4 is 0 Å². The first-order valence-corrected chi connectivity index (χ1v) is 7.40. The smallest absolute Gasteiger partial charge is 0.260 e. The zero-order chi connectivity index (χ0) is 13.9. The number of nitrogens with one attached hydrogen (secondary N) is 1. The maximum atomic E-state index is 12.3. The topological polar surface area (TPSA) is 79.0 Å². The van der Waals surface area contributed by atoms with E-state index in [0.29, 0.717) is 6.54 Å². The van der Waals surface area contributed by atoms with Crippen LogP contribution in [0.3, 0.4) is 0 Å². The molecule has 19 heavy (non-hydrogen) atoms. The highest BCUT2D eigenvalue weighted by atomic mass is 32.2. The highest BCUT2D eigenvalue weighted by molar-refractivity contribution is 7.89. The number of sulfonamides is 1. The van der Waals surface area contributed by atoms with Gasteiger partial charge >= 0.3 is 0 Å². The number of aromatic nitrogens is 3. The van der Waals surface area contributed by atoms with Crippen LogP contribution in [0.4, 0.5) is 0 Å². The SMILES string of the molecule is CCN(Cc1cccc(C)n1)S(=O)(=O)c1ccn[nH]1. The Morgan fingerprint density at radius 2 is 2.11 bits per heavy atom. The lowest BCUT2D eigenvalue weighted by Gasteiger charge is -2.19. The summed E-state index contributed by atoms with van der Waals surface area (Å²) < 4.78 is 26.0. The number of hydrogen-bond donors (Lipinski definition) is 1. The number of aryl methyl sites for hydroxylation is 1. The summed E-state index contributed by atoms with van der Waals surface area (Å²) in [4.78, 5) is 4.32. The predicted octanol–water partition coefficient (Wildman–Crippen LogP) is 1.32. The van der Waals surface area contributed by atoms with Crippen LogP contribution in [0.1, 0.15) is 18.3 Å². The first-order chi connectivity index (χ1) is 9.04. The Morgan fingerprint density at radius 3 is 2.68 bits per heavy atom. The van der Waals surface area contributed by atoms with Crippen molar-refractivity contribution in [3.8, 4) is 0 Å². The van der Waals surface area contributed by atoms with Gasteiger partial charge in [0, 0.05) is 12.2 Å². The van der Waals surface area contributed by atoms with Crippen molar-refractivity contribution in [1.29, 1.82) is 0 Å². The quantitative estimate of drug-likeness (QED) is 0.896. The summed E-state index contributed by atoms with van der Waals surface area (Å²) in [5.41, 5.74) is 1.59. The van der Waals surface area contributed by atoms with Gasteiger partial charge in [-0.2, -0.15) is 9.40 Å². The lowest BCUT2D eigenvalue weighted by atomic mass is 10.3. The van der Waals surface area contributed by atoms with Gasteiger partial charge in [-0.25, -0.2) is 8.42 Å². The van der Waals surface area contributed by atoms with Crippen LogP contribution >= 0.6 is 0 Å². The van der Waals surface area contributed by atoms with Gasteiger partial charge in [0.05, 0.1) is 18.4 Å². The Labute approximate surface area is 112 Å². The molecule has 2 aromatic heterocycles. The van der Waals surface area contributed by atoms with Gasteiger partial charge in [0.25, 0.3) is 10.0 Å². The zero-order valence-corrected chi connectivity index (χ0v) is 11.7. The number of nitrogens with zero attached hydrogens (tertiary/aromatic N) is 3. The van der Waals surface area contributed by atoms with E-state index in [2.05, 4.69) is 15.2 Å². The van der Waals surface area contributed by atoms with Crippen molar-refractivity contribution in [2.75, 3.05) is 6.54 Å². The fraction of sp³-hybridized carbons (Fsp3) is 0.333. The second-order valence-corrected chi connectivity index (χ2v) is 6.03. The molecule has 0 aliphatic carbocycles. The monoisotopic (exact) mass is 280 g/mol. The van der Waals surface area contributed by atoms with Crippen LogP contribution in [0.25, 0.3) is 0 Å². The van der Waals surface area contributed by atoms with Crippen molar-refractivity contribution >= 4 is 10.0 Å². The van der Waals surface area contributed by atoms with Crippen LogP contribution in [0.15, 0.2) is 35.5 Å². The standard InChI is InChI=1S/C12H16N4O2S/c1-3-16(9-11-6-4-5-10(2)14-11)19(17,18)12-7-8-13-15-12/h4-8H,3,9H2,1-2H3,(H,13,15). The summed E-state index contributed by atoms with van der Waals surface area (Å²) in [6.45, 7) is 4.30. The molecule has 2 aromatic rings. The van der Waals surface area contributed by atoms with E-state index in [4.69, 9.17) is 0 Å². The molecule has 2 heterocycles. The minimum atomic E-state index is -3.54. The minimum absolute atomic E-state index is 0.0991. The molecular formula is C12H16N4O2S. The predicted molar refractivity (Wildman–Crippen MR) is 70.8 cm³/mol. The highest BCUT2D eigenvalue weighted by Crippen LogP contribution is 2.15. The Morgan fingerprint density at radius 1 is 1.32 bits per heavy atom. The van der Waals surface area contributed by atoms with Crippen molar-refractivity contribution in [3.05, 3.63) is 41.9 Å². The van der Waals surface area contributed by atoms with Crippen molar-refractivity contribution in [2.24, 2.45) is 0 Å². The maximum Gasteiger partial charge on any atom is 0.260 e. The molecule has 0 aliphatic heterocycles. The highest BCUT2D eigenvalue weighted by Gasteiger charge is 2.24. The molecule has 1 N–H and O–H groups in total. The van der Waals surface area contributed by atoms with Gasteiger partial charge in [0.15, 0.2) is 5.03 Å². The van der Waals surface area contributed by atoms with Crippen molar-refractivity contribution in [1.82, 2.24) is 19.5 Å². The first-order valence-electron chi connectivity index (χ1n) is 5.96. The molecule has 0 radical (unpaired) electrons. The third-order valence-electron chi connectivity index (χ3n) is 2.73. The van der Waals surface area contributed by atoms with Crippen molar-refractivity contribution in [3.63, 3.8) is 0 Å². The molecule has 0 saturated carbocycles. The first kappa shape index (κ1) is 13.7. The van der Waals surface area contributed by atoms with Gasteiger partial charge in [-0.05, 0) is 25.1 Å². The minimum Gasteiger partial charge on any atom is -0.266 e. The average Bonchev–Trinajstić information content (AvgIpc) is 2.90. The number of rotatable bonds is 5. The third-order valence-corrected chi connectivity index (χ3v) is 4.58. The molecular weight excluding hydrogens is 264 g/mol. The Balaban J connectivity index is 2.26. The summed E-state index contributed by atoms with van der Waals surface area (Å²) in [7, 11) is -3.54. The summed E-state index contributed by atoms with van der Waals surface area (Å²) in [5.74, 6) is 0. The third kappa shape index (κ3) is 2.99. The molecule has 0 aromatic carbocycles. The normalized spacial score (nSPS) is 11.9. The molecule has 6 nitrogen and oxygen atoms in total. The molecule has 0 aliphatic rings. The molecule has 0 atom stereocenters. The Bertz CT molecular complexity index is 638. The van der Waals surface area contributed by atoms with Crippen LogP contribution in [-0.2, 0) is 16.6 Å². The summed E-state index contributed by atoms with van der Waals surface area (Å²) in [6, 6.07) is 7.01. The average molecular weight is 280 g/mol. The lowest BCUT2D eigenvalue weighted by Crippen LogP contribution is -2.31. The fourth-order valence-electron chi connectivity index (χ4n) is 1.76. The number of pyridine rings is 1. The van der Waals surface area contributed by atoms with E-state index in [1.54, 1.807) is 6.92 Å². The zero-order valence-electron chi connectivity index (χ0n) is 10.9. The number of hydrogen-bond acceptors (Lipinski definition) is 4. The van der Waals surface area contributed by atoms with E-state index in [9.17, 15) is 8.42 Å². The van der Waals surface area contributed by atoms with Gasteiger partial charge in [-0.15, -0.1) is 0 Å². The van der Waals surface area contributed by atoms with Gasteiger partial charge < -0.3 is 0 Å². The molecule has 0 unspecified atom stereocenters. The van der Waals surface area contributed by atoms with Gasteiger partial charge in [0.2, 0.25) is 0 Å². The van der Waals surface area contributed by atoms with E-state index in [-0.39, 0.29) is 11.6 Å². The summed E-state index contributed by atoms with van der Waals surface area (Å²) >= 11 is 0. The molecule has 102 valence electrons. The fourth-order valence-corrected chi connectivity index (χ4v) is 3.08. The largest absolute Gasteiger partial charge is 0.266 e. The van der Waals surface area contributed by atoms with E-state index in [1.807, 2.05) is 25.1 Å². The van der Waals surface area contributed by atoms with Crippen LogP contribution in [-0.4, -0.2) is 34.4 Å². The van der Waals surface area contributed by atoms with E-state index in [0.717, 1.165) is 11.4 Å². The van der Waals surface area contributed by atoms with Gasteiger partial charge in [0.1, 0.15) is 0 Å². The van der Waals surface area contributed by atoms with Crippen molar-refractivity contribution in [2.45, 2.75) is 25.4 Å². The lowest BCUT2D eigenvalue weighted by molar-refractivity contribution is 0.416. The molecule has 2 rings (SSSR count). The molecule has 0 saturated heterocycles. The number of aromatic amines is 1. The molecule has 0 spiro atoms. The van der Waals surface area contributed by atoms with Crippen LogP contribution in [0.5, 0.6) is 0 Å². The second kappa shape index (κ2) is 5.50. The molecule has 0 bridgehead atoms. The van der Waals surface area contributed by atoms with Crippen molar-refractivity contribution < 1.29 is 8.42 Å². The summed E-state index contributed by atoms with van der Waals surface area (Å²) in [5, 5.41) is 6.27. The van der Waals surface area contributed by atoms with Crippen LogP contribution in [0, 0.1) is 6.92 Å². The van der Waals surface area contributed by atoms with Gasteiger partial charge in [-0.3, -0.25) is 10.1 Å². The Kier molecular flexibility index (Phi) is 3.96. The molecule has 7 heteroatoms. The molecule has 0 amide bonds. The Hall–Kier alpha value is -1.73. The van der Waals surface area contributed by atoms with E-state index < -0.39 is 10.0 Å². The van der Waals surface area contributed by atoms with E-state index in [1.165, 1.54) is 16.6 Å². The summed E-state index contributed by atoms with van der Waals surface area (Å²) in [6.07, 6.45) is 1.42. The maximum absolute atomic E-state index is 12.3. The van der Waals surface area contributed by atoms with Crippen LogP contribution in [0.2, 0.25) is 0 Å². The number of H-pyrrole nitrogens is 1. The van der Waals surface area contributed by atoms with E-state index >= 15 is 0 Å². The molecule has 0 fully saturated rings.